The first-order valence-electron chi connectivity index (χ1n) is 10.3. The normalized spacial score (nSPS) is 23.9. The maximum Gasteiger partial charge on any atom is 0.0947 e. The van der Waals surface area contributed by atoms with Gasteiger partial charge in [0.2, 0.25) is 0 Å². The molecule has 0 unspecified atom stereocenters. The molecule has 2 aliphatic heterocycles. The summed E-state index contributed by atoms with van der Waals surface area (Å²) in [4.78, 5) is 5.02. The van der Waals surface area contributed by atoms with Gasteiger partial charge < -0.3 is 9.52 Å². The fraction of sp³-hybridized carbons (Fsp3) is 0.667. The summed E-state index contributed by atoms with van der Waals surface area (Å²) in [7, 11) is 0. The van der Waals surface area contributed by atoms with E-state index in [1.54, 1.807) is 6.26 Å². The van der Waals surface area contributed by atoms with Crippen LogP contribution in [0.5, 0.6) is 0 Å². The molecule has 6 heteroatoms. The van der Waals surface area contributed by atoms with Gasteiger partial charge in [0.1, 0.15) is 0 Å². The Bertz CT molecular complexity index is 704. The quantitative estimate of drug-likeness (QED) is 0.845. The number of furan rings is 1. The SMILES string of the molecule is CCn1cc(CN2CCC3(CC2)CCN(Cc2ccoc2)C[C@H]3CO)cn1. The van der Waals surface area contributed by atoms with Crippen LogP contribution in [0.3, 0.4) is 0 Å². The summed E-state index contributed by atoms with van der Waals surface area (Å²) in [5, 5.41) is 14.5. The third-order valence-corrected chi connectivity index (χ3v) is 6.75. The zero-order valence-corrected chi connectivity index (χ0v) is 16.4. The highest BCUT2D eigenvalue weighted by molar-refractivity contribution is 5.07. The first-order valence-corrected chi connectivity index (χ1v) is 10.3. The van der Waals surface area contributed by atoms with Gasteiger partial charge in [0.15, 0.2) is 0 Å². The van der Waals surface area contributed by atoms with E-state index in [0.29, 0.717) is 17.9 Å². The van der Waals surface area contributed by atoms with Crippen molar-refractivity contribution in [3.63, 3.8) is 0 Å². The number of aromatic nitrogens is 2. The van der Waals surface area contributed by atoms with Gasteiger partial charge in [-0.15, -0.1) is 0 Å². The maximum atomic E-state index is 10.1. The smallest absolute Gasteiger partial charge is 0.0947 e. The van der Waals surface area contributed by atoms with Crippen molar-refractivity contribution in [1.82, 2.24) is 19.6 Å². The van der Waals surface area contributed by atoms with Crippen LogP contribution < -0.4 is 0 Å². The highest BCUT2D eigenvalue weighted by atomic mass is 16.3. The molecule has 0 bridgehead atoms. The topological polar surface area (TPSA) is 57.7 Å². The molecule has 2 aromatic heterocycles. The molecule has 6 nitrogen and oxygen atoms in total. The second-order valence-corrected chi connectivity index (χ2v) is 8.34. The molecule has 4 heterocycles. The molecule has 2 aromatic rings. The van der Waals surface area contributed by atoms with Gasteiger partial charge in [-0.05, 0) is 57.3 Å². The molecule has 0 radical (unpaired) electrons. The maximum absolute atomic E-state index is 10.1. The van der Waals surface area contributed by atoms with Crippen LogP contribution in [0.25, 0.3) is 0 Å². The summed E-state index contributed by atoms with van der Waals surface area (Å²) in [5.41, 5.74) is 2.85. The van der Waals surface area contributed by atoms with Crippen molar-refractivity contribution in [1.29, 1.82) is 0 Å². The van der Waals surface area contributed by atoms with Gasteiger partial charge in [0, 0.05) is 56.0 Å². The van der Waals surface area contributed by atoms with Crippen LogP contribution in [0.15, 0.2) is 35.4 Å². The molecule has 0 aromatic carbocycles. The number of hydrogen-bond donors (Lipinski definition) is 1. The molecule has 2 fully saturated rings. The van der Waals surface area contributed by atoms with E-state index in [9.17, 15) is 5.11 Å². The summed E-state index contributed by atoms with van der Waals surface area (Å²) in [5.74, 6) is 0.378. The van der Waals surface area contributed by atoms with Gasteiger partial charge >= 0.3 is 0 Å². The molecule has 0 aliphatic carbocycles. The van der Waals surface area contributed by atoms with E-state index < -0.39 is 0 Å². The van der Waals surface area contributed by atoms with E-state index in [2.05, 4.69) is 28.0 Å². The minimum Gasteiger partial charge on any atom is -0.472 e. The Kier molecular flexibility index (Phi) is 5.66. The van der Waals surface area contributed by atoms with Crippen LogP contribution in [0.1, 0.15) is 37.3 Å². The monoisotopic (exact) mass is 372 g/mol. The van der Waals surface area contributed by atoms with Crippen LogP contribution in [-0.2, 0) is 19.6 Å². The summed E-state index contributed by atoms with van der Waals surface area (Å²) < 4.78 is 7.20. The fourth-order valence-corrected chi connectivity index (χ4v) is 4.95. The zero-order valence-electron chi connectivity index (χ0n) is 16.4. The van der Waals surface area contributed by atoms with Crippen molar-refractivity contribution in [2.75, 3.05) is 32.8 Å². The highest BCUT2D eigenvalue weighted by Gasteiger charge is 2.44. The average Bonchev–Trinajstić information content (AvgIpc) is 3.37. The molecule has 2 saturated heterocycles. The molecule has 27 heavy (non-hydrogen) atoms. The van der Waals surface area contributed by atoms with E-state index in [1.807, 2.05) is 23.2 Å². The van der Waals surface area contributed by atoms with Gasteiger partial charge in [-0.3, -0.25) is 14.5 Å². The molecule has 4 rings (SSSR count). The first-order chi connectivity index (χ1) is 13.2. The fourth-order valence-electron chi connectivity index (χ4n) is 4.95. The van der Waals surface area contributed by atoms with Crippen LogP contribution in [-0.4, -0.2) is 57.5 Å². The second-order valence-electron chi connectivity index (χ2n) is 8.34. The molecular formula is C21H32N4O2. The number of piperidine rings is 2. The number of aliphatic hydroxyl groups is 1. The van der Waals surface area contributed by atoms with Crippen LogP contribution in [0, 0.1) is 11.3 Å². The van der Waals surface area contributed by atoms with Crippen molar-refractivity contribution >= 4 is 0 Å². The average molecular weight is 373 g/mol. The van der Waals surface area contributed by atoms with Crippen molar-refractivity contribution in [3.8, 4) is 0 Å². The number of hydrogen-bond acceptors (Lipinski definition) is 5. The molecule has 0 amide bonds. The van der Waals surface area contributed by atoms with E-state index in [-0.39, 0.29) is 0 Å². The van der Waals surface area contributed by atoms with E-state index in [0.717, 1.165) is 45.8 Å². The largest absolute Gasteiger partial charge is 0.472 e. The lowest BCUT2D eigenvalue weighted by atomic mass is 9.64. The number of aryl methyl sites for hydroxylation is 1. The second kappa shape index (κ2) is 8.17. The summed E-state index contributed by atoms with van der Waals surface area (Å²) in [6.45, 7) is 9.61. The van der Waals surface area contributed by atoms with Gasteiger partial charge in [-0.2, -0.15) is 5.10 Å². The summed E-state index contributed by atoms with van der Waals surface area (Å²) >= 11 is 0. The zero-order chi connectivity index (χ0) is 18.7. The Hall–Kier alpha value is -1.63. The van der Waals surface area contributed by atoms with Crippen LogP contribution >= 0.6 is 0 Å². The molecule has 148 valence electrons. The van der Waals surface area contributed by atoms with Gasteiger partial charge in [-0.25, -0.2) is 0 Å². The third-order valence-electron chi connectivity index (χ3n) is 6.75. The molecule has 1 N–H and O–H groups in total. The predicted octanol–water partition coefficient (Wildman–Crippen LogP) is 2.59. The lowest BCUT2D eigenvalue weighted by Gasteiger charge is -2.51. The Morgan fingerprint density at radius 2 is 1.89 bits per heavy atom. The number of nitrogens with zero attached hydrogens (tertiary/aromatic N) is 4. The van der Waals surface area contributed by atoms with Crippen molar-refractivity contribution in [2.24, 2.45) is 11.3 Å². The van der Waals surface area contributed by atoms with Gasteiger partial charge in [0.05, 0.1) is 18.7 Å². The van der Waals surface area contributed by atoms with Gasteiger partial charge in [-0.1, -0.05) is 0 Å². The minimum absolute atomic E-state index is 0.297. The Morgan fingerprint density at radius 1 is 1.15 bits per heavy atom. The van der Waals surface area contributed by atoms with Crippen molar-refractivity contribution < 1.29 is 9.52 Å². The lowest BCUT2D eigenvalue weighted by molar-refractivity contribution is -0.0450. The molecular weight excluding hydrogens is 340 g/mol. The Balaban J connectivity index is 1.32. The molecule has 1 spiro atoms. The lowest BCUT2D eigenvalue weighted by Crippen LogP contribution is -2.53. The molecule has 2 aliphatic rings. The van der Waals surface area contributed by atoms with Crippen molar-refractivity contribution in [3.05, 3.63) is 42.1 Å². The van der Waals surface area contributed by atoms with E-state index in [4.69, 9.17) is 4.42 Å². The minimum atomic E-state index is 0.297. The molecule has 1 atom stereocenters. The van der Waals surface area contributed by atoms with Gasteiger partial charge in [0.25, 0.3) is 0 Å². The predicted molar refractivity (Wildman–Crippen MR) is 104 cm³/mol. The van der Waals surface area contributed by atoms with E-state index >= 15 is 0 Å². The first kappa shape index (κ1) is 18.7. The van der Waals surface area contributed by atoms with Crippen molar-refractivity contribution in [2.45, 2.75) is 45.8 Å². The Labute approximate surface area is 161 Å². The Morgan fingerprint density at radius 3 is 2.52 bits per heavy atom. The summed E-state index contributed by atoms with van der Waals surface area (Å²) in [6.07, 6.45) is 11.3. The summed E-state index contributed by atoms with van der Waals surface area (Å²) in [6, 6.07) is 2.04. The van der Waals surface area contributed by atoms with E-state index in [1.165, 1.54) is 30.4 Å². The highest BCUT2D eigenvalue weighted by Crippen LogP contribution is 2.45. The van der Waals surface area contributed by atoms with Crippen LogP contribution in [0.2, 0.25) is 0 Å². The van der Waals surface area contributed by atoms with Crippen LogP contribution in [0.4, 0.5) is 0 Å². The number of aliphatic hydroxyl groups excluding tert-OH is 1. The molecule has 0 saturated carbocycles. The number of likely N-dealkylation sites (tertiary alicyclic amines) is 2. The standard InChI is InChI=1S/C21H32N4O2/c1-2-25-14-19(11-22-25)13-23-7-4-21(5-8-23)6-9-24(15-20(21)16-26)12-18-3-10-27-17-18/h3,10-11,14,17,20,26H,2,4-9,12-13,15-16H2,1H3/t20-/m0/s1. The number of rotatable bonds is 6. The third kappa shape index (κ3) is 4.13.